The summed E-state index contributed by atoms with van der Waals surface area (Å²) in [6.07, 6.45) is 0.800. The quantitative estimate of drug-likeness (QED) is 0.598. The Morgan fingerprint density at radius 1 is 1.04 bits per heavy atom. The zero-order chi connectivity index (χ0) is 16.0. The highest BCUT2D eigenvalue weighted by Crippen LogP contribution is 2.34. The van der Waals surface area contributed by atoms with Gasteiger partial charge in [-0.05, 0) is 42.5 Å². The van der Waals surface area contributed by atoms with Gasteiger partial charge >= 0.3 is 0 Å². The summed E-state index contributed by atoms with van der Waals surface area (Å²) in [4.78, 5) is 6.92. The van der Waals surface area contributed by atoms with Gasteiger partial charge in [-0.15, -0.1) is 0 Å². The maximum atomic E-state index is 13.1. The van der Waals surface area contributed by atoms with Crippen molar-refractivity contribution in [3.63, 3.8) is 0 Å². The normalized spacial score (nSPS) is 14.1. The molecule has 5 heteroatoms. The second kappa shape index (κ2) is 5.66. The van der Waals surface area contributed by atoms with Gasteiger partial charge in [0, 0.05) is 46.9 Å². The van der Waals surface area contributed by atoms with Crippen molar-refractivity contribution in [2.24, 2.45) is 0 Å². The molecule has 0 aliphatic carbocycles. The SMILES string of the molecule is Fc1ccc(N2CCc3nc4cc(Cl)ccc4c(Cl)c3C2)cc1. The molecule has 0 saturated carbocycles. The van der Waals surface area contributed by atoms with Crippen LogP contribution in [0.15, 0.2) is 42.5 Å². The van der Waals surface area contributed by atoms with E-state index < -0.39 is 0 Å². The predicted molar refractivity (Wildman–Crippen MR) is 92.9 cm³/mol. The van der Waals surface area contributed by atoms with E-state index in [0.717, 1.165) is 45.8 Å². The van der Waals surface area contributed by atoms with E-state index in [1.165, 1.54) is 12.1 Å². The van der Waals surface area contributed by atoms with Gasteiger partial charge in [0.2, 0.25) is 0 Å². The first-order chi connectivity index (χ1) is 11.1. The minimum atomic E-state index is -0.228. The molecule has 2 heterocycles. The molecule has 0 fully saturated rings. The van der Waals surface area contributed by atoms with Crippen LogP contribution in [-0.2, 0) is 13.0 Å². The lowest BCUT2D eigenvalue weighted by atomic mass is 10.0. The fourth-order valence-electron chi connectivity index (χ4n) is 3.04. The molecular formula is C18H13Cl2FN2. The van der Waals surface area contributed by atoms with Crippen LogP contribution < -0.4 is 4.90 Å². The van der Waals surface area contributed by atoms with Crippen LogP contribution in [0.3, 0.4) is 0 Å². The van der Waals surface area contributed by atoms with Gasteiger partial charge in [0.25, 0.3) is 0 Å². The summed E-state index contributed by atoms with van der Waals surface area (Å²) in [7, 11) is 0. The fourth-order valence-corrected chi connectivity index (χ4v) is 3.53. The maximum absolute atomic E-state index is 13.1. The number of anilines is 1. The third kappa shape index (κ3) is 2.64. The van der Waals surface area contributed by atoms with E-state index in [1.807, 2.05) is 18.2 Å². The Labute approximate surface area is 143 Å². The molecule has 1 aromatic heterocycles. The van der Waals surface area contributed by atoms with Crippen LogP contribution in [0.4, 0.5) is 10.1 Å². The molecule has 2 nitrogen and oxygen atoms in total. The Kier molecular flexibility index (Phi) is 3.63. The van der Waals surface area contributed by atoms with E-state index in [9.17, 15) is 4.39 Å². The van der Waals surface area contributed by atoms with Crippen LogP contribution in [0.25, 0.3) is 10.9 Å². The van der Waals surface area contributed by atoms with Gasteiger partial charge in [-0.3, -0.25) is 4.98 Å². The van der Waals surface area contributed by atoms with Gasteiger partial charge in [-0.25, -0.2) is 4.39 Å². The first-order valence-electron chi connectivity index (χ1n) is 7.39. The van der Waals surface area contributed by atoms with E-state index >= 15 is 0 Å². The largest absolute Gasteiger partial charge is 0.367 e. The summed E-state index contributed by atoms with van der Waals surface area (Å²) >= 11 is 12.7. The second-order valence-corrected chi connectivity index (χ2v) is 6.47. The summed E-state index contributed by atoms with van der Waals surface area (Å²) in [5.74, 6) is -0.228. The molecule has 116 valence electrons. The Morgan fingerprint density at radius 2 is 1.83 bits per heavy atom. The number of halogens is 3. The number of hydrogen-bond donors (Lipinski definition) is 0. The molecule has 0 spiro atoms. The molecule has 1 aliphatic rings. The number of aromatic nitrogens is 1. The van der Waals surface area contributed by atoms with Crippen LogP contribution in [-0.4, -0.2) is 11.5 Å². The third-order valence-corrected chi connectivity index (χ3v) is 4.89. The standard InChI is InChI=1S/C18H13Cl2FN2/c19-11-1-6-14-17(9-11)22-16-7-8-23(10-15(16)18(14)20)13-4-2-12(21)3-5-13/h1-6,9H,7-8,10H2. The molecule has 2 aromatic carbocycles. The van der Waals surface area contributed by atoms with Crippen molar-refractivity contribution in [1.82, 2.24) is 4.98 Å². The Bertz CT molecular complexity index is 894. The highest BCUT2D eigenvalue weighted by atomic mass is 35.5. The summed E-state index contributed by atoms with van der Waals surface area (Å²) in [6, 6.07) is 12.1. The van der Waals surface area contributed by atoms with Crippen LogP contribution in [0.1, 0.15) is 11.3 Å². The van der Waals surface area contributed by atoms with Crippen molar-refractivity contribution in [2.45, 2.75) is 13.0 Å². The molecule has 0 saturated heterocycles. The summed E-state index contributed by atoms with van der Waals surface area (Å²) < 4.78 is 13.1. The van der Waals surface area contributed by atoms with Crippen molar-refractivity contribution in [1.29, 1.82) is 0 Å². The third-order valence-electron chi connectivity index (χ3n) is 4.22. The van der Waals surface area contributed by atoms with Gasteiger partial charge in [0.1, 0.15) is 5.82 Å². The highest BCUT2D eigenvalue weighted by Gasteiger charge is 2.22. The van der Waals surface area contributed by atoms with Crippen molar-refractivity contribution in [2.75, 3.05) is 11.4 Å². The Hall–Kier alpha value is -1.84. The van der Waals surface area contributed by atoms with Crippen LogP contribution >= 0.6 is 23.2 Å². The minimum Gasteiger partial charge on any atom is -0.367 e. The maximum Gasteiger partial charge on any atom is 0.123 e. The van der Waals surface area contributed by atoms with E-state index in [1.54, 1.807) is 12.1 Å². The number of hydrogen-bond acceptors (Lipinski definition) is 2. The summed E-state index contributed by atoms with van der Waals surface area (Å²) in [6.45, 7) is 1.50. The van der Waals surface area contributed by atoms with E-state index in [0.29, 0.717) is 11.6 Å². The molecule has 3 aromatic rings. The zero-order valence-electron chi connectivity index (χ0n) is 12.2. The van der Waals surface area contributed by atoms with Crippen molar-refractivity contribution in [3.05, 3.63) is 69.6 Å². The molecule has 23 heavy (non-hydrogen) atoms. The average molecular weight is 347 g/mol. The van der Waals surface area contributed by atoms with Gasteiger partial charge in [-0.1, -0.05) is 23.2 Å². The van der Waals surface area contributed by atoms with Crippen LogP contribution in [0.5, 0.6) is 0 Å². The number of benzene rings is 2. The summed E-state index contributed by atoms with van der Waals surface area (Å²) in [5.41, 5.74) is 3.88. The van der Waals surface area contributed by atoms with Gasteiger partial charge < -0.3 is 4.90 Å². The van der Waals surface area contributed by atoms with Crippen LogP contribution in [0, 0.1) is 5.82 Å². The molecular weight excluding hydrogens is 334 g/mol. The molecule has 0 unspecified atom stereocenters. The number of fused-ring (bicyclic) bond motifs is 2. The molecule has 4 rings (SSSR count). The van der Waals surface area contributed by atoms with Gasteiger partial charge in [-0.2, -0.15) is 0 Å². The minimum absolute atomic E-state index is 0.228. The number of pyridine rings is 1. The Balaban J connectivity index is 1.77. The number of nitrogens with zero attached hydrogens (tertiary/aromatic N) is 2. The predicted octanol–water partition coefficient (Wildman–Crippen LogP) is 5.24. The molecule has 0 atom stereocenters. The first kappa shape index (κ1) is 14.7. The molecule has 0 N–H and O–H groups in total. The first-order valence-corrected chi connectivity index (χ1v) is 8.14. The van der Waals surface area contributed by atoms with E-state index in [2.05, 4.69) is 4.90 Å². The van der Waals surface area contributed by atoms with E-state index in [-0.39, 0.29) is 5.82 Å². The summed E-state index contributed by atoms with van der Waals surface area (Å²) in [5, 5.41) is 2.30. The highest BCUT2D eigenvalue weighted by molar-refractivity contribution is 6.37. The van der Waals surface area contributed by atoms with Crippen LogP contribution in [0.2, 0.25) is 10.0 Å². The lowest BCUT2D eigenvalue weighted by Gasteiger charge is -2.31. The second-order valence-electron chi connectivity index (χ2n) is 5.66. The number of rotatable bonds is 1. The lowest BCUT2D eigenvalue weighted by molar-refractivity contribution is 0.626. The Morgan fingerprint density at radius 3 is 2.61 bits per heavy atom. The molecule has 0 amide bonds. The molecule has 1 aliphatic heterocycles. The topological polar surface area (TPSA) is 16.1 Å². The zero-order valence-corrected chi connectivity index (χ0v) is 13.7. The van der Waals surface area contributed by atoms with E-state index in [4.69, 9.17) is 28.2 Å². The van der Waals surface area contributed by atoms with Gasteiger partial charge in [0.15, 0.2) is 0 Å². The monoisotopic (exact) mass is 346 g/mol. The van der Waals surface area contributed by atoms with Crippen molar-refractivity contribution >= 4 is 39.8 Å². The van der Waals surface area contributed by atoms with Gasteiger partial charge in [0.05, 0.1) is 10.5 Å². The van der Waals surface area contributed by atoms with Crippen molar-refractivity contribution in [3.8, 4) is 0 Å². The fraction of sp³-hybridized carbons (Fsp3) is 0.167. The molecule has 0 bridgehead atoms. The smallest absolute Gasteiger partial charge is 0.123 e. The average Bonchev–Trinajstić information content (AvgIpc) is 2.55. The lowest BCUT2D eigenvalue weighted by Crippen LogP contribution is -2.31. The molecule has 0 radical (unpaired) electrons. The van der Waals surface area contributed by atoms with Crippen molar-refractivity contribution < 1.29 is 4.39 Å².